The molecular formula is C12H15N. The van der Waals surface area contributed by atoms with Crippen LogP contribution in [0.25, 0.3) is 0 Å². The molecule has 0 aromatic heterocycles. The second-order valence-electron chi connectivity index (χ2n) is 4.48. The molecule has 0 radical (unpaired) electrons. The molecule has 0 N–H and O–H groups in total. The van der Waals surface area contributed by atoms with Crippen molar-refractivity contribution in [2.75, 3.05) is 11.4 Å². The Hall–Kier alpha value is -0.980. The molecule has 0 amide bonds. The molecule has 2 atom stereocenters. The summed E-state index contributed by atoms with van der Waals surface area (Å²) in [6, 6.07) is 9.67. The molecule has 13 heavy (non-hydrogen) atoms. The third-order valence-electron chi connectivity index (χ3n) is 3.38. The average Bonchev–Trinajstić information content (AvgIpc) is 2.60. The van der Waals surface area contributed by atoms with Crippen LogP contribution in [0.5, 0.6) is 0 Å². The van der Waals surface area contributed by atoms with Crippen molar-refractivity contribution >= 4 is 5.69 Å². The highest BCUT2D eigenvalue weighted by molar-refractivity contribution is 5.60. The van der Waals surface area contributed by atoms with Gasteiger partial charge in [-0.05, 0) is 30.4 Å². The third-order valence-corrected chi connectivity index (χ3v) is 3.38. The molecule has 0 aliphatic carbocycles. The Morgan fingerprint density at radius 1 is 1.31 bits per heavy atom. The van der Waals surface area contributed by atoms with Crippen molar-refractivity contribution in [3.63, 3.8) is 0 Å². The van der Waals surface area contributed by atoms with Crippen LogP contribution in [0.3, 0.4) is 0 Å². The van der Waals surface area contributed by atoms with Crippen molar-refractivity contribution in [3.8, 4) is 0 Å². The summed E-state index contributed by atoms with van der Waals surface area (Å²) < 4.78 is 0. The van der Waals surface area contributed by atoms with Crippen molar-refractivity contribution in [2.24, 2.45) is 5.92 Å². The van der Waals surface area contributed by atoms with E-state index in [-0.39, 0.29) is 0 Å². The number of hydrogen-bond acceptors (Lipinski definition) is 1. The highest BCUT2D eigenvalue weighted by Gasteiger charge is 2.35. The molecule has 68 valence electrons. The number of fused-ring (bicyclic) bond motifs is 3. The summed E-state index contributed by atoms with van der Waals surface area (Å²) in [6.45, 7) is 3.63. The third kappa shape index (κ3) is 0.995. The molecule has 2 aliphatic heterocycles. The Balaban J connectivity index is 2.02. The minimum atomic E-state index is 0.812. The fourth-order valence-electron chi connectivity index (χ4n) is 2.86. The van der Waals surface area contributed by atoms with Gasteiger partial charge in [0.05, 0.1) is 0 Å². The van der Waals surface area contributed by atoms with E-state index in [2.05, 4.69) is 36.1 Å². The van der Waals surface area contributed by atoms with Gasteiger partial charge in [-0.25, -0.2) is 0 Å². The van der Waals surface area contributed by atoms with E-state index in [0.717, 1.165) is 12.0 Å². The number of rotatable bonds is 0. The Kier molecular flexibility index (Phi) is 1.43. The minimum absolute atomic E-state index is 0.812. The maximum Gasteiger partial charge on any atom is 0.0402 e. The van der Waals surface area contributed by atoms with Gasteiger partial charge in [0.25, 0.3) is 0 Å². The average molecular weight is 173 g/mol. The first-order chi connectivity index (χ1) is 6.34. The maximum absolute atomic E-state index is 2.60. The largest absolute Gasteiger partial charge is 0.368 e. The Morgan fingerprint density at radius 2 is 2.15 bits per heavy atom. The normalized spacial score (nSPS) is 30.4. The van der Waals surface area contributed by atoms with Gasteiger partial charge in [0.1, 0.15) is 0 Å². The van der Waals surface area contributed by atoms with Crippen LogP contribution >= 0.6 is 0 Å². The smallest absolute Gasteiger partial charge is 0.0402 e. The molecule has 2 heterocycles. The monoisotopic (exact) mass is 173 g/mol. The van der Waals surface area contributed by atoms with Crippen LogP contribution in [0, 0.1) is 5.92 Å². The highest BCUT2D eigenvalue weighted by Crippen LogP contribution is 2.39. The first-order valence-electron chi connectivity index (χ1n) is 5.19. The Bertz CT molecular complexity index is 332. The molecule has 1 saturated heterocycles. The van der Waals surface area contributed by atoms with Crippen LogP contribution in [-0.4, -0.2) is 12.6 Å². The fraction of sp³-hybridized carbons (Fsp3) is 0.500. The van der Waals surface area contributed by atoms with E-state index in [1.807, 2.05) is 0 Å². The van der Waals surface area contributed by atoms with Crippen molar-refractivity contribution in [1.82, 2.24) is 0 Å². The zero-order valence-corrected chi connectivity index (χ0v) is 8.03. The number of anilines is 1. The van der Waals surface area contributed by atoms with Crippen LogP contribution in [-0.2, 0) is 6.42 Å². The minimum Gasteiger partial charge on any atom is -0.368 e. The van der Waals surface area contributed by atoms with E-state index in [4.69, 9.17) is 0 Å². The van der Waals surface area contributed by atoms with Crippen molar-refractivity contribution < 1.29 is 0 Å². The Labute approximate surface area is 79.4 Å². The van der Waals surface area contributed by atoms with E-state index in [1.54, 1.807) is 5.56 Å². The molecule has 1 aromatic rings. The topological polar surface area (TPSA) is 3.24 Å². The Morgan fingerprint density at radius 3 is 3.08 bits per heavy atom. The summed E-state index contributed by atoms with van der Waals surface area (Å²) in [4.78, 5) is 2.60. The van der Waals surface area contributed by atoms with Gasteiger partial charge >= 0.3 is 0 Å². The predicted molar refractivity (Wildman–Crippen MR) is 55.1 cm³/mol. The van der Waals surface area contributed by atoms with Crippen LogP contribution < -0.4 is 4.90 Å². The molecule has 3 rings (SSSR count). The summed E-state index contributed by atoms with van der Waals surface area (Å²) in [6.07, 6.45) is 2.66. The number of nitrogens with zero attached hydrogens (tertiary/aromatic N) is 1. The molecule has 0 spiro atoms. The first kappa shape index (κ1) is 7.43. The summed E-state index contributed by atoms with van der Waals surface area (Å²) in [7, 11) is 0. The molecule has 0 unspecified atom stereocenters. The molecule has 1 aromatic carbocycles. The summed E-state index contributed by atoms with van der Waals surface area (Å²) in [5.41, 5.74) is 3.05. The van der Waals surface area contributed by atoms with E-state index >= 15 is 0 Å². The van der Waals surface area contributed by atoms with E-state index in [0.29, 0.717) is 0 Å². The SMILES string of the molecule is C[C@@H]1C[C@H]2Cc3ccccc3N2C1. The first-order valence-corrected chi connectivity index (χ1v) is 5.19. The van der Waals surface area contributed by atoms with Gasteiger partial charge in [-0.3, -0.25) is 0 Å². The predicted octanol–water partition coefficient (Wildman–Crippen LogP) is 2.46. The number of hydrogen-bond donors (Lipinski definition) is 0. The molecule has 0 saturated carbocycles. The van der Waals surface area contributed by atoms with Gasteiger partial charge in [-0.1, -0.05) is 25.1 Å². The zero-order chi connectivity index (χ0) is 8.84. The standard InChI is InChI=1S/C12H15N/c1-9-6-11-7-10-4-2-3-5-12(10)13(11)8-9/h2-5,9,11H,6-8H2,1H3/t9-,11+/m1/s1. The van der Waals surface area contributed by atoms with Crippen molar-refractivity contribution in [1.29, 1.82) is 0 Å². The summed E-state index contributed by atoms with van der Waals surface area (Å²) in [5, 5.41) is 0. The van der Waals surface area contributed by atoms with Crippen LogP contribution in [0.1, 0.15) is 18.9 Å². The van der Waals surface area contributed by atoms with Crippen LogP contribution in [0.2, 0.25) is 0 Å². The van der Waals surface area contributed by atoms with Crippen LogP contribution in [0.15, 0.2) is 24.3 Å². The molecule has 0 bridgehead atoms. The zero-order valence-electron chi connectivity index (χ0n) is 8.03. The molecular weight excluding hydrogens is 158 g/mol. The van der Waals surface area contributed by atoms with Gasteiger partial charge in [-0.15, -0.1) is 0 Å². The number of para-hydroxylation sites is 1. The lowest BCUT2D eigenvalue weighted by Gasteiger charge is -2.18. The molecule has 1 nitrogen and oxygen atoms in total. The van der Waals surface area contributed by atoms with Crippen molar-refractivity contribution in [2.45, 2.75) is 25.8 Å². The highest BCUT2D eigenvalue weighted by atomic mass is 15.2. The summed E-state index contributed by atoms with van der Waals surface area (Å²) in [5.74, 6) is 0.887. The van der Waals surface area contributed by atoms with E-state index in [9.17, 15) is 0 Å². The van der Waals surface area contributed by atoms with Gasteiger partial charge in [0, 0.05) is 18.3 Å². The maximum atomic E-state index is 2.60. The van der Waals surface area contributed by atoms with Gasteiger partial charge in [-0.2, -0.15) is 0 Å². The lowest BCUT2D eigenvalue weighted by Crippen LogP contribution is -2.24. The second-order valence-corrected chi connectivity index (χ2v) is 4.48. The lowest BCUT2D eigenvalue weighted by atomic mass is 10.0. The van der Waals surface area contributed by atoms with E-state index < -0.39 is 0 Å². The summed E-state index contributed by atoms with van der Waals surface area (Å²) >= 11 is 0. The lowest BCUT2D eigenvalue weighted by molar-refractivity contribution is 0.605. The van der Waals surface area contributed by atoms with Crippen molar-refractivity contribution in [3.05, 3.63) is 29.8 Å². The van der Waals surface area contributed by atoms with Crippen LogP contribution in [0.4, 0.5) is 5.69 Å². The second kappa shape index (κ2) is 2.50. The molecule has 1 fully saturated rings. The molecule has 1 heteroatoms. The number of benzene rings is 1. The van der Waals surface area contributed by atoms with E-state index in [1.165, 1.54) is 25.1 Å². The van der Waals surface area contributed by atoms with Gasteiger partial charge < -0.3 is 4.90 Å². The van der Waals surface area contributed by atoms with Gasteiger partial charge in [0.2, 0.25) is 0 Å². The van der Waals surface area contributed by atoms with Gasteiger partial charge in [0.15, 0.2) is 0 Å². The fourth-order valence-corrected chi connectivity index (χ4v) is 2.86. The molecule has 2 aliphatic rings. The quantitative estimate of drug-likeness (QED) is 0.582.